The van der Waals surface area contributed by atoms with Gasteiger partial charge in [0.2, 0.25) is 0 Å². The summed E-state index contributed by atoms with van der Waals surface area (Å²) in [4.78, 5) is 11.5. The molecule has 15 heavy (non-hydrogen) atoms. The Labute approximate surface area is 115 Å². The molecule has 5 heteroatoms. The molecule has 0 aliphatic carbocycles. The van der Waals surface area contributed by atoms with Crippen molar-refractivity contribution in [2.45, 2.75) is 0 Å². The molecule has 0 aliphatic rings. The highest BCUT2D eigenvalue weighted by molar-refractivity contribution is 14.1. The van der Waals surface area contributed by atoms with Crippen molar-refractivity contribution in [3.63, 3.8) is 0 Å². The summed E-state index contributed by atoms with van der Waals surface area (Å²) < 4.78 is 6.35. The number of carbonyl (C=O) groups is 1. The van der Waals surface area contributed by atoms with E-state index in [0.717, 1.165) is 3.57 Å². The summed E-state index contributed by atoms with van der Waals surface area (Å²) in [6.45, 7) is 3.58. The Bertz CT molecular complexity index is 402. The van der Waals surface area contributed by atoms with Crippen molar-refractivity contribution in [3.05, 3.63) is 37.5 Å². The highest BCUT2D eigenvalue weighted by Crippen LogP contribution is 2.27. The van der Waals surface area contributed by atoms with Gasteiger partial charge in [0, 0.05) is 3.57 Å². The van der Waals surface area contributed by atoms with Gasteiger partial charge in [-0.2, -0.15) is 0 Å². The van der Waals surface area contributed by atoms with Gasteiger partial charge in [0.25, 0.3) is 0 Å². The summed E-state index contributed by atoms with van der Waals surface area (Å²) in [5.74, 6) is -0.575. The number of hydrogen-bond donors (Lipinski definition) is 1. The summed E-state index contributed by atoms with van der Waals surface area (Å²) in [7, 11) is 0. The van der Waals surface area contributed by atoms with Gasteiger partial charge >= 0.3 is 5.97 Å². The Kier molecular flexibility index (Phi) is 4.84. The second-order valence-corrected chi connectivity index (χ2v) is 5.08. The van der Waals surface area contributed by atoms with Gasteiger partial charge in [-0.25, -0.2) is 4.79 Å². The van der Waals surface area contributed by atoms with E-state index in [1.807, 2.05) is 22.6 Å². The molecule has 0 unspecified atom stereocenters. The standard InChI is InChI=1S/C10H8I2O3/c1-2-3-15-10(14)7-4-6(11)5-8(12)9(7)13/h2,4-5,13H,1,3H2. The Morgan fingerprint density at radius 2 is 2.20 bits per heavy atom. The summed E-state index contributed by atoms with van der Waals surface area (Å²) in [5.41, 5.74) is 0.188. The molecule has 1 aromatic carbocycles. The van der Waals surface area contributed by atoms with E-state index in [1.165, 1.54) is 6.08 Å². The molecule has 1 aromatic rings. The Hall–Kier alpha value is -0.310. The van der Waals surface area contributed by atoms with Crippen LogP contribution >= 0.6 is 45.2 Å². The normalized spacial score (nSPS) is 9.73. The molecule has 0 saturated carbocycles. The molecule has 0 spiro atoms. The van der Waals surface area contributed by atoms with Crippen molar-refractivity contribution in [2.75, 3.05) is 6.61 Å². The van der Waals surface area contributed by atoms with E-state index < -0.39 is 5.97 Å². The Balaban J connectivity index is 3.02. The fourth-order valence-electron chi connectivity index (χ4n) is 0.934. The minimum Gasteiger partial charge on any atom is -0.506 e. The lowest BCUT2D eigenvalue weighted by Gasteiger charge is -2.06. The Morgan fingerprint density at radius 3 is 2.80 bits per heavy atom. The van der Waals surface area contributed by atoms with Gasteiger partial charge in [0.15, 0.2) is 0 Å². The topological polar surface area (TPSA) is 46.5 Å². The zero-order valence-electron chi connectivity index (χ0n) is 7.67. The van der Waals surface area contributed by atoms with E-state index in [1.54, 1.807) is 12.1 Å². The average Bonchev–Trinajstić information content (AvgIpc) is 2.19. The lowest BCUT2D eigenvalue weighted by Crippen LogP contribution is -2.06. The monoisotopic (exact) mass is 430 g/mol. The second-order valence-electron chi connectivity index (χ2n) is 2.67. The van der Waals surface area contributed by atoms with E-state index >= 15 is 0 Å². The van der Waals surface area contributed by atoms with Crippen molar-refractivity contribution in [3.8, 4) is 5.75 Å². The summed E-state index contributed by atoms with van der Waals surface area (Å²) in [6.07, 6.45) is 1.48. The first kappa shape index (κ1) is 12.8. The fourth-order valence-corrected chi connectivity index (χ4v) is 2.78. The molecule has 3 nitrogen and oxygen atoms in total. The quantitative estimate of drug-likeness (QED) is 0.456. The van der Waals surface area contributed by atoms with E-state index in [2.05, 4.69) is 29.2 Å². The van der Waals surface area contributed by atoms with Crippen LogP contribution in [0.25, 0.3) is 0 Å². The third-order valence-electron chi connectivity index (χ3n) is 1.58. The van der Waals surface area contributed by atoms with Gasteiger partial charge in [0.05, 0.1) is 3.57 Å². The third-order valence-corrected chi connectivity index (χ3v) is 3.03. The number of phenolic OH excluding ortho intramolecular Hbond substituents is 1. The first-order chi connectivity index (χ1) is 7.06. The lowest BCUT2D eigenvalue weighted by molar-refractivity contribution is 0.0546. The number of halogens is 2. The number of hydrogen-bond acceptors (Lipinski definition) is 3. The van der Waals surface area contributed by atoms with Crippen molar-refractivity contribution < 1.29 is 14.6 Å². The number of aromatic hydroxyl groups is 1. The predicted molar refractivity (Wildman–Crippen MR) is 74.0 cm³/mol. The summed E-state index contributed by atoms with van der Waals surface area (Å²) in [5, 5.41) is 9.65. The van der Waals surface area contributed by atoms with E-state index in [9.17, 15) is 9.90 Å². The minimum absolute atomic E-state index is 0.0370. The van der Waals surface area contributed by atoms with Crippen LogP contribution in [0, 0.1) is 7.14 Å². The van der Waals surface area contributed by atoms with Gasteiger partial charge in [-0.05, 0) is 57.3 Å². The van der Waals surface area contributed by atoms with Gasteiger partial charge in [0.1, 0.15) is 17.9 Å². The molecule has 80 valence electrons. The summed E-state index contributed by atoms with van der Waals surface area (Å²) in [6, 6.07) is 3.37. The van der Waals surface area contributed by atoms with Crippen LogP contribution in [0.1, 0.15) is 10.4 Å². The lowest BCUT2D eigenvalue weighted by atomic mass is 10.2. The minimum atomic E-state index is -0.538. The fraction of sp³-hybridized carbons (Fsp3) is 0.100. The van der Waals surface area contributed by atoms with Crippen LogP contribution in [0.5, 0.6) is 5.75 Å². The first-order valence-electron chi connectivity index (χ1n) is 4.02. The van der Waals surface area contributed by atoms with Gasteiger partial charge in [-0.3, -0.25) is 0 Å². The molecule has 1 N–H and O–H groups in total. The molecule has 0 bridgehead atoms. The largest absolute Gasteiger partial charge is 0.506 e. The van der Waals surface area contributed by atoms with Crippen molar-refractivity contribution >= 4 is 51.2 Å². The first-order valence-corrected chi connectivity index (χ1v) is 6.18. The number of phenols is 1. The smallest absolute Gasteiger partial charge is 0.342 e. The Morgan fingerprint density at radius 1 is 1.53 bits per heavy atom. The van der Waals surface area contributed by atoms with Gasteiger partial charge in [-0.15, -0.1) is 0 Å². The van der Waals surface area contributed by atoms with Crippen LogP contribution in [-0.2, 0) is 4.74 Å². The zero-order valence-corrected chi connectivity index (χ0v) is 12.0. The van der Waals surface area contributed by atoms with E-state index in [0.29, 0.717) is 3.57 Å². The number of esters is 1. The number of ether oxygens (including phenoxy) is 1. The molecular weight excluding hydrogens is 422 g/mol. The summed E-state index contributed by atoms with van der Waals surface area (Å²) >= 11 is 4.04. The molecule has 0 saturated heterocycles. The maximum Gasteiger partial charge on any atom is 0.342 e. The highest BCUT2D eigenvalue weighted by atomic mass is 127. The molecule has 0 aliphatic heterocycles. The molecule has 0 radical (unpaired) electrons. The van der Waals surface area contributed by atoms with E-state index in [4.69, 9.17) is 4.74 Å². The molecule has 1 rings (SSSR count). The molecule has 0 atom stereocenters. The van der Waals surface area contributed by atoms with Crippen LogP contribution in [-0.4, -0.2) is 17.7 Å². The van der Waals surface area contributed by atoms with Crippen molar-refractivity contribution in [1.29, 1.82) is 0 Å². The van der Waals surface area contributed by atoms with Gasteiger partial charge < -0.3 is 9.84 Å². The number of carbonyl (C=O) groups excluding carboxylic acids is 1. The van der Waals surface area contributed by atoms with Gasteiger partial charge in [-0.1, -0.05) is 12.7 Å². The van der Waals surface area contributed by atoms with E-state index in [-0.39, 0.29) is 17.9 Å². The number of benzene rings is 1. The molecular formula is C10H8I2O3. The number of rotatable bonds is 3. The second kappa shape index (κ2) is 5.69. The van der Waals surface area contributed by atoms with Crippen LogP contribution in [0.3, 0.4) is 0 Å². The van der Waals surface area contributed by atoms with Crippen LogP contribution in [0.15, 0.2) is 24.8 Å². The average molecular weight is 430 g/mol. The zero-order chi connectivity index (χ0) is 11.4. The van der Waals surface area contributed by atoms with Crippen molar-refractivity contribution in [2.24, 2.45) is 0 Å². The third kappa shape index (κ3) is 3.33. The van der Waals surface area contributed by atoms with Crippen LogP contribution < -0.4 is 0 Å². The highest BCUT2D eigenvalue weighted by Gasteiger charge is 2.15. The molecule has 0 amide bonds. The predicted octanol–water partition coefficient (Wildman–Crippen LogP) is 2.94. The molecule has 0 fully saturated rings. The SMILES string of the molecule is C=CCOC(=O)c1cc(I)cc(I)c1O. The van der Waals surface area contributed by atoms with Crippen molar-refractivity contribution in [1.82, 2.24) is 0 Å². The molecule has 0 aromatic heterocycles. The van der Waals surface area contributed by atoms with Crippen LogP contribution in [0.4, 0.5) is 0 Å². The maximum absolute atomic E-state index is 11.5. The molecule has 0 heterocycles. The van der Waals surface area contributed by atoms with Crippen LogP contribution in [0.2, 0.25) is 0 Å². The maximum atomic E-state index is 11.5.